The molecule has 2 heterocycles. The van der Waals surface area contributed by atoms with Crippen LogP contribution in [0.5, 0.6) is 23.0 Å². The Labute approximate surface area is 600 Å². The Bertz CT molecular complexity index is 4420. The number of amides is 1. The third kappa shape index (κ3) is 16.9. The molecule has 0 bridgehead atoms. The van der Waals surface area contributed by atoms with Crippen molar-refractivity contribution in [3.63, 3.8) is 0 Å². The number of carbonyl (C=O) groups excluding carboxylic acids is 13. The second-order valence-corrected chi connectivity index (χ2v) is 24.8. The van der Waals surface area contributed by atoms with Crippen molar-refractivity contribution in [1.29, 1.82) is 0 Å². The molecule has 2 fully saturated rings. The van der Waals surface area contributed by atoms with E-state index in [9.17, 15) is 43.2 Å². The molecule has 29 heteroatoms. The van der Waals surface area contributed by atoms with Crippen LogP contribution < -0.4 is 24.3 Å². The first-order valence-electron chi connectivity index (χ1n) is 32.9. The fraction of sp³-hybridized carbons (Fsp3) is 0.355. The lowest BCUT2D eigenvalue weighted by molar-refractivity contribution is -0.355. The van der Waals surface area contributed by atoms with E-state index in [-0.39, 0.29) is 23.3 Å². The van der Waals surface area contributed by atoms with Gasteiger partial charge in [-0.05, 0) is 53.8 Å². The van der Waals surface area contributed by atoms with Crippen LogP contribution in [0.15, 0.2) is 115 Å². The summed E-state index contributed by atoms with van der Waals surface area (Å²) < 4.78 is 90.7. The molecule has 10 rings (SSSR count). The van der Waals surface area contributed by atoms with Gasteiger partial charge in [-0.2, -0.15) is 0 Å². The van der Waals surface area contributed by atoms with Crippen LogP contribution in [0, 0.1) is 6.92 Å². The second-order valence-electron chi connectivity index (χ2n) is 24.8. The maximum Gasteiger partial charge on any atom is 0.329 e. The number of methoxy groups -OCH3 is 1. The minimum Gasteiger partial charge on any atom is -0.497 e. The molecule has 12 atom stereocenters. The second kappa shape index (κ2) is 32.4. The van der Waals surface area contributed by atoms with Crippen LogP contribution in [0.4, 0.5) is 0 Å². The molecule has 105 heavy (non-hydrogen) atoms. The van der Waals surface area contributed by atoms with Crippen LogP contribution in [0.1, 0.15) is 163 Å². The summed E-state index contributed by atoms with van der Waals surface area (Å²) in [7, 11) is 1.23. The average molecular weight is 1450 g/mol. The minimum absolute atomic E-state index is 0.0806. The molecule has 6 aromatic rings. The van der Waals surface area contributed by atoms with E-state index < -0.39 is 225 Å². The van der Waals surface area contributed by atoms with Gasteiger partial charge in [-0.1, -0.05) is 97.1 Å². The molecular formula is C76H73NO28. The zero-order chi connectivity index (χ0) is 76.0. The summed E-state index contributed by atoms with van der Waals surface area (Å²) in [6, 6.07) is 29.3. The Hall–Kier alpha value is -11.5. The number of nitrogens with one attached hydrogen (secondary N) is 1. The zero-order valence-corrected chi connectivity index (χ0v) is 58.8. The van der Waals surface area contributed by atoms with Crippen molar-refractivity contribution in [2.24, 2.45) is 0 Å². The highest BCUT2D eigenvalue weighted by Crippen LogP contribution is 2.59. The largest absolute Gasteiger partial charge is 0.497 e. The molecule has 2 aliphatic heterocycles. The number of esters is 10. The smallest absolute Gasteiger partial charge is 0.329 e. The number of aryl methyl sites for hydroxylation is 1. The van der Waals surface area contributed by atoms with Crippen LogP contribution in [0.25, 0.3) is 11.1 Å². The van der Waals surface area contributed by atoms with Crippen LogP contribution in [-0.4, -0.2) is 152 Å². The lowest BCUT2D eigenvalue weighted by atomic mass is 9.73. The standard InChI is InChI=1S/C76H73NO28/c1-34-28-51-58(68(99-41(8)83)56(34)73(89)77-53(29-45-22-16-13-17-23-45)74(90)103-64(46-24-18-14-19-25-46)47-26-20-15-21-27-47)59-52(32-50-60(69(59)100-42(9)84)62(88)49-30-48(91-12)31-54(94-36(3)78)57(49)61(50)87)65(97-39(6)81)66(51)104-76-72(102-44(11)86)70(63(35(2)93-76)96-38(5)80)105-75-71(101-43(10)85)67(98-40(7)82)55(33-92-75)95-37(4)79/h13-28,30-32,35,53,55,63-67,70-72,75-76H,29,33H2,1-12H3,(H,77,89)/t35-,53-,55-,63+,65+,66+,67+,70+,71-,72-,75+,76+/m1/s1. The lowest BCUT2D eigenvalue weighted by Gasteiger charge is -2.48. The number of hydrogen-bond donors (Lipinski definition) is 1. The van der Waals surface area contributed by atoms with Crippen molar-refractivity contribution in [3.05, 3.63) is 176 Å². The van der Waals surface area contributed by atoms with E-state index in [2.05, 4.69) is 5.32 Å². The van der Waals surface area contributed by atoms with Crippen molar-refractivity contribution in [1.82, 2.24) is 5.32 Å². The normalized spacial score (nSPS) is 21.6. The zero-order valence-electron chi connectivity index (χ0n) is 58.8. The number of ether oxygens (including phenoxy) is 15. The fourth-order valence-electron chi connectivity index (χ4n) is 13.1. The molecule has 1 amide bonds. The van der Waals surface area contributed by atoms with Gasteiger partial charge in [0.25, 0.3) is 5.91 Å². The van der Waals surface area contributed by atoms with Gasteiger partial charge in [0.2, 0.25) is 0 Å². The minimum atomic E-state index is -2.09. The van der Waals surface area contributed by atoms with Gasteiger partial charge in [0.15, 0.2) is 78.4 Å². The lowest BCUT2D eigenvalue weighted by Crippen LogP contribution is -2.65. The molecule has 0 saturated carbocycles. The summed E-state index contributed by atoms with van der Waals surface area (Å²) >= 11 is 0. The van der Waals surface area contributed by atoms with Crippen LogP contribution in [0.3, 0.4) is 0 Å². The van der Waals surface area contributed by atoms with Crippen LogP contribution in [-0.2, 0) is 106 Å². The van der Waals surface area contributed by atoms with Crippen LogP contribution >= 0.6 is 0 Å². The molecule has 1 N–H and O–H groups in total. The summed E-state index contributed by atoms with van der Waals surface area (Å²) in [5, 5.41) is 2.82. The van der Waals surface area contributed by atoms with E-state index in [1.165, 1.54) is 39.2 Å². The summed E-state index contributed by atoms with van der Waals surface area (Å²) in [4.78, 5) is 182. The van der Waals surface area contributed by atoms with Gasteiger partial charge < -0.3 is 76.4 Å². The molecule has 0 spiro atoms. The number of fused-ring (bicyclic) bond motifs is 5. The van der Waals surface area contributed by atoms with Gasteiger partial charge in [0.05, 0.1) is 36.5 Å². The molecule has 0 aromatic heterocycles. The van der Waals surface area contributed by atoms with Crippen LogP contribution in [0.2, 0.25) is 0 Å². The number of hydrogen-bond acceptors (Lipinski definition) is 28. The van der Waals surface area contributed by atoms with E-state index in [1.807, 2.05) is 0 Å². The van der Waals surface area contributed by atoms with E-state index in [4.69, 9.17) is 71.1 Å². The quantitative estimate of drug-likeness (QED) is 0.0385. The SMILES string of the molecule is COc1cc(OC(C)=O)c2c(c1)C(=O)c1c(cc3c(c1OC(C)=O)-c1c(cc(C)c(C(=O)N[C@H](Cc4ccccc4)C(=O)OC(c4ccccc4)c4ccccc4)c1OC(C)=O)[C@H](O[C@@H]1O[C@H](C)[C@H](OC(C)=O)[C@H](O[C@@H]4OC[C@@H](OC(C)=O)[C@H](OC(C)=O)[C@H]4OC(C)=O)[C@H]1OC(C)=O)[C@H]3OC(C)=O)C2=O. The van der Waals surface area contributed by atoms with Crippen molar-refractivity contribution in [2.45, 2.75) is 162 Å². The molecule has 6 aromatic carbocycles. The number of ketones is 2. The Morgan fingerprint density at radius 2 is 0.990 bits per heavy atom. The van der Waals surface area contributed by atoms with Gasteiger partial charge >= 0.3 is 59.7 Å². The van der Waals surface area contributed by atoms with Crippen molar-refractivity contribution in [3.8, 4) is 34.1 Å². The van der Waals surface area contributed by atoms with Gasteiger partial charge in [-0.15, -0.1) is 0 Å². The summed E-state index contributed by atoms with van der Waals surface area (Å²) in [5.74, 6) is -15.2. The highest BCUT2D eigenvalue weighted by atomic mass is 16.8. The van der Waals surface area contributed by atoms with Crippen molar-refractivity contribution < 1.29 is 133 Å². The van der Waals surface area contributed by atoms with E-state index in [1.54, 1.807) is 91.0 Å². The van der Waals surface area contributed by atoms with Gasteiger partial charge in [0.1, 0.15) is 29.7 Å². The van der Waals surface area contributed by atoms with E-state index >= 15 is 19.2 Å². The maximum atomic E-state index is 16.0. The molecular weight excluding hydrogens is 1370 g/mol. The first kappa shape index (κ1) is 76.1. The molecule has 2 saturated heterocycles. The molecule has 550 valence electrons. The third-order valence-electron chi connectivity index (χ3n) is 17.0. The van der Waals surface area contributed by atoms with Gasteiger partial charge in [-0.25, -0.2) is 4.79 Å². The monoisotopic (exact) mass is 1450 g/mol. The maximum absolute atomic E-state index is 16.0. The molecule has 0 unspecified atom stereocenters. The summed E-state index contributed by atoms with van der Waals surface area (Å²) in [5.41, 5.74) is -2.62. The Morgan fingerprint density at radius 1 is 0.495 bits per heavy atom. The summed E-state index contributed by atoms with van der Waals surface area (Å²) in [6.07, 6.45) is -21.1. The Morgan fingerprint density at radius 3 is 1.54 bits per heavy atom. The number of rotatable bonds is 22. The molecule has 2 aliphatic carbocycles. The van der Waals surface area contributed by atoms with Crippen molar-refractivity contribution >= 4 is 77.2 Å². The van der Waals surface area contributed by atoms with Crippen molar-refractivity contribution in [2.75, 3.05) is 13.7 Å². The third-order valence-corrected chi connectivity index (χ3v) is 17.0. The number of carbonyl (C=O) groups is 13. The predicted octanol–water partition coefficient (Wildman–Crippen LogP) is 7.72. The Kier molecular flexibility index (Phi) is 23.5. The average Bonchev–Trinajstić information content (AvgIpc) is 0.698. The first-order valence-corrected chi connectivity index (χ1v) is 32.9. The van der Waals surface area contributed by atoms with Gasteiger partial charge in [-0.3, -0.25) is 57.5 Å². The Balaban J connectivity index is 1.22. The first-order chi connectivity index (χ1) is 49.9. The van der Waals surface area contributed by atoms with Gasteiger partial charge in [0, 0.05) is 103 Å². The predicted molar refractivity (Wildman–Crippen MR) is 358 cm³/mol. The van der Waals surface area contributed by atoms with E-state index in [0.29, 0.717) is 16.7 Å². The van der Waals surface area contributed by atoms with E-state index in [0.717, 1.165) is 68.4 Å². The molecule has 0 radical (unpaired) electrons. The molecule has 29 nitrogen and oxygen atoms in total. The highest BCUT2D eigenvalue weighted by molar-refractivity contribution is 6.31. The topological polar surface area (TPSA) is 372 Å². The highest BCUT2D eigenvalue weighted by Gasteiger charge is 2.57. The summed E-state index contributed by atoms with van der Waals surface area (Å²) in [6.45, 7) is 11.2. The fourth-order valence-corrected chi connectivity index (χ4v) is 13.1. The number of benzene rings is 6. The molecule has 4 aliphatic rings.